The molecule has 1 N–H and O–H groups in total. The fourth-order valence-corrected chi connectivity index (χ4v) is 3.21. The van der Waals surface area contributed by atoms with Gasteiger partial charge in [-0.3, -0.25) is 4.90 Å². The zero-order valence-corrected chi connectivity index (χ0v) is 13.0. The van der Waals surface area contributed by atoms with Gasteiger partial charge >= 0.3 is 0 Å². The molecule has 1 aliphatic rings. The third-order valence-corrected chi connectivity index (χ3v) is 4.55. The molecule has 19 heavy (non-hydrogen) atoms. The minimum Gasteiger partial charge on any atom is -0.316 e. The predicted octanol–water partition coefficient (Wildman–Crippen LogP) is 3.64. The van der Waals surface area contributed by atoms with Gasteiger partial charge in [-0.25, -0.2) is 0 Å². The van der Waals surface area contributed by atoms with Crippen molar-refractivity contribution in [3.63, 3.8) is 0 Å². The van der Waals surface area contributed by atoms with E-state index in [1.165, 1.54) is 24.9 Å². The first kappa shape index (κ1) is 14.8. The normalized spacial score (nSPS) is 24.0. The van der Waals surface area contributed by atoms with Gasteiger partial charge in [-0.2, -0.15) is 0 Å². The Kier molecular flexibility index (Phi) is 5.26. The average Bonchev–Trinajstić information content (AvgIpc) is 2.75. The lowest BCUT2D eigenvalue weighted by atomic mass is 9.93. The molecule has 0 amide bonds. The van der Waals surface area contributed by atoms with E-state index in [9.17, 15) is 0 Å². The van der Waals surface area contributed by atoms with E-state index in [0.29, 0.717) is 12.0 Å². The number of halogens is 1. The number of rotatable bonds is 5. The maximum atomic E-state index is 6.28. The molecule has 1 heterocycles. The number of hydrogen-bond acceptors (Lipinski definition) is 2. The molecule has 2 unspecified atom stereocenters. The highest BCUT2D eigenvalue weighted by atomic mass is 35.5. The smallest absolute Gasteiger partial charge is 0.0438 e. The number of nitrogens with zero attached hydrogens (tertiary/aromatic N) is 1. The van der Waals surface area contributed by atoms with Crippen LogP contribution in [-0.2, 0) is 0 Å². The van der Waals surface area contributed by atoms with Crippen LogP contribution in [0, 0.1) is 12.8 Å². The van der Waals surface area contributed by atoms with Crippen LogP contribution in [0.15, 0.2) is 18.2 Å². The summed E-state index contributed by atoms with van der Waals surface area (Å²) in [5.41, 5.74) is 2.52. The van der Waals surface area contributed by atoms with Gasteiger partial charge in [-0.15, -0.1) is 0 Å². The summed E-state index contributed by atoms with van der Waals surface area (Å²) in [5.74, 6) is 0.690. The summed E-state index contributed by atoms with van der Waals surface area (Å²) in [6.07, 6.45) is 2.47. The first-order chi connectivity index (χ1) is 9.13. The highest BCUT2D eigenvalue weighted by molar-refractivity contribution is 6.31. The summed E-state index contributed by atoms with van der Waals surface area (Å²) in [6.45, 7) is 7.67. The Labute approximate surface area is 122 Å². The van der Waals surface area contributed by atoms with Gasteiger partial charge in [-0.1, -0.05) is 30.7 Å². The van der Waals surface area contributed by atoms with Crippen molar-refractivity contribution < 1.29 is 0 Å². The Bertz CT molecular complexity index is 419. The van der Waals surface area contributed by atoms with E-state index < -0.39 is 0 Å². The molecule has 106 valence electrons. The SMILES string of the molecule is CCCNCC1CCN(C)C1c1ccc(C)c(Cl)c1. The third kappa shape index (κ3) is 3.50. The maximum absolute atomic E-state index is 6.28. The lowest BCUT2D eigenvalue weighted by molar-refractivity contribution is 0.272. The first-order valence-corrected chi connectivity index (χ1v) is 7.68. The number of aryl methyl sites for hydroxylation is 1. The van der Waals surface area contributed by atoms with E-state index >= 15 is 0 Å². The Morgan fingerprint density at radius 2 is 2.21 bits per heavy atom. The van der Waals surface area contributed by atoms with Gasteiger partial charge in [-0.05, 0) is 69.6 Å². The minimum atomic E-state index is 0.502. The molecule has 1 aliphatic heterocycles. The minimum absolute atomic E-state index is 0.502. The standard InChI is InChI=1S/C16H25ClN2/c1-4-8-18-11-14-7-9-19(3)16(14)13-6-5-12(2)15(17)10-13/h5-6,10,14,16,18H,4,7-9,11H2,1-3H3. The van der Waals surface area contributed by atoms with E-state index in [-0.39, 0.29) is 0 Å². The van der Waals surface area contributed by atoms with Gasteiger partial charge in [0, 0.05) is 11.1 Å². The van der Waals surface area contributed by atoms with Gasteiger partial charge in [0.05, 0.1) is 0 Å². The second-order valence-electron chi connectivity index (χ2n) is 5.69. The van der Waals surface area contributed by atoms with Gasteiger partial charge in [0.25, 0.3) is 0 Å². The summed E-state index contributed by atoms with van der Waals surface area (Å²) < 4.78 is 0. The first-order valence-electron chi connectivity index (χ1n) is 7.30. The molecule has 1 saturated heterocycles. The molecule has 1 aromatic carbocycles. The maximum Gasteiger partial charge on any atom is 0.0438 e. The van der Waals surface area contributed by atoms with Gasteiger partial charge < -0.3 is 5.32 Å². The average molecular weight is 281 g/mol. The molecular weight excluding hydrogens is 256 g/mol. The molecule has 3 heteroatoms. The van der Waals surface area contributed by atoms with Crippen LogP contribution >= 0.6 is 11.6 Å². The van der Waals surface area contributed by atoms with Crippen molar-refractivity contribution in [2.24, 2.45) is 5.92 Å². The van der Waals surface area contributed by atoms with E-state index in [2.05, 4.69) is 49.3 Å². The lowest BCUT2D eigenvalue weighted by Gasteiger charge is -2.26. The topological polar surface area (TPSA) is 15.3 Å². The van der Waals surface area contributed by atoms with Crippen LogP contribution in [0.3, 0.4) is 0 Å². The van der Waals surface area contributed by atoms with Gasteiger partial charge in [0.15, 0.2) is 0 Å². The highest BCUT2D eigenvalue weighted by Crippen LogP contribution is 2.37. The predicted molar refractivity (Wildman–Crippen MR) is 82.8 cm³/mol. The number of likely N-dealkylation sites (tertiary alicyclic amines) is 1. The summed E-state index contributed by atoms with van der Waals surface area (Å²) in [5, 5.41) is 4.45. The zero-order valence-electron chi connectivity index (χ0n) is 12.2. The Balaban J connectivity index is 2.11. The molecule has 0 spiro atoms. The third-order valence-electron chi connectivity index (χ3n) is 4.14. The number of nitrogens with one attached hydrogen (secondary N) is 1. The van der Waals surface area contributed by atoms with Gasteiger partial charge in [0.1, 0.15) is 0 Å². The van der Waals surface area contributed by atoms with Crippen molar-refractivity contribution in [1.29, 1.82) is 0 Å². The molecule has 0 radical (unpaired) electrons. The van der Waals surface area contributed by atoms with Crippen molar-refractivity contribution >= 4 is 11.6 Å². The fraction of sp³-hybridized carbons (Fsp3) is 0.625. The highest BCUT2D eigenvalue weighted by Gasteiger charge is 2.32. The summed E-state index contributed by atoms with van der Waals surface area (Å²) in [7, 11) is 2.22. The Hall–Kier alpha value is -0.570. The van der Waals surface area contributed by atoms with Crippen molar-refractivity contribution in [3.8, 4) is 0 Å². The number of benzene rings is 1. The molecule has 2 rings (SSSR count). The molecule has 1 fully saturated rings. The number of hydrogen-bond donors (Lipinski definition) is 1. The summed E-state index contributed by atoms with van der Waals surface area (Å²) >= 11 is 6.28. The molecular formula is C16H25ClN2. The zero-order chi connectivity index (χ0) is 13.8. The summed E-state index contributed by atoms with van der Waals surface area (Å²) in [4.78, 5) is 2.46. The molecule has 0 bridgehead atoms. The van der Waals surface area contributed by atoms with E-state index in [4.69, 9.17) is 11.6 Å². The molecule has 0 aliphatic carbocycles. The van der Waals surface area contributed by atoms with E-state index in [1.807, 2.05) is 0 Å². The van der Waals surface area contributed by atoms with Crippen LogP contribution in [0.5, 0.6) is 0 Å². The molecule has 1 aromatic rings. The Morgan fingerprint density at radius 3 is 2.89 bits per heavy atom. The van der Waals surface area contributed by atoms with Crippen molar-refractivity contribution in [1.82, 2.24) is 10.2 Å². The van der Waals surface area contributed by atoms with Crippen LogP contribution in [0.2, 0.25) is 5.02 Å². The monoisotopic (exact) mass is 280 g/mol. The fourth-order valence-electron chi connectivity index (χ4n) is 3.02. The van der Waals surface area contributed by atoms with Crippen LogP contribution in [0.25, 0.3) is 0 Å². The largest absolute Gasteiger partial charge is 0.316 e. The molecule has 0 saturated carbocycles. The van der Waals surface area contributed by atoms with Crippen LogP contribution < -0.4 is 5.32 Å². The second kappa shape index (κ2) is 6.74. The van der Waals surface area contributed by atoms with Crippen LogP contribution in [0.1, 0.15) is 36.9 Å². The van der Waals surface area contributed by atoms with Crippen LogP contribution in [-0.4, -0.2) is 31.6 Å². The van der Waals surface area contributed by atoms with Gasteiger partial charge in [0.2, 0.25) is 0 Å². The van der Waals surface area contributed by atoms with Crippen LogP contribution in [0.4, 0.5) is 0 Å². The molecule has 0 aromatic heterocycles. The van der Waals surface area contributed by atoms with Crippen molar-refractivity contribution in [3.05, 3.63) is 34.3 Å². The second-order valence-corrected chi connectivity index (χ2v) is 6.09. The molecule has 2 nitrogen and oxygen atoms in total. The van der Waals surface area contributed by atoms with Crippen molar-refractivity contribution in [2.45, 2.75) is 32.7 Å². The summed E-state index contributed by atoms with van der Waals surface area (Å²) in [6, 6.07) is 7.03. The van der Waals surface area contributed by atoms with E-state index in [1.54, 1.807) is 0 Å². The molecule has 2 atom stereocenters. The lowest BCUT2D eigenvalue weighted by Crippen LogP contribution is -2.29. The van der Waals surface area contributed by atoms with Crippen molar-refractivity contribution in [2.75, 3.05) is 26.7 Å². The Morgan fingerprint density at radius 1 is 1.42 bits per heavy atom. The van der Waals surface area contributed by atoms with E-state index in [0.717, 1.165) is 23.7 Å². The quantitative estimate of drug-likeness (QED) is 0.829.